The Labute approximate surface area is 420 Å². The molecule has 0 spiro atoms. The van der Waals surface area contributed by atoms with Gasteiger partial charge in [-0.2, -0.15) is 0 Å². The van der Waals surface area contributed by atoms with Crippen molar-refractivity contribution in [3.8, 4) is 0 Å². The predicted molar refractivity (Wildman–Crippen MR) is 283 cm³/mol. The molecule has 0 heterocycles. The first-order chi connectivity index (χ1) is 33.1. The number of nitrogens with zero attached hydrogens (tertiary/aromatic N) is 1. The molecule has 0 saturated carbocycles. The third-order valence-corrected chi connectivity index (χ3v) is 12.9. The minimum atomic E-state index is -1.62. The maximum absolute atomic E-state index is 12.8. The Kier molecular flexibility index (Phi) is 49.5. The molecule has 68 heavy (non-hydrogen) atoms. The molecule has 400 valence electrons. The maximum Gasteiger partial charge on any atom is 0.306 e. The van der Waals surface area contributed by atoms with Gasteiger partial charge >= 0.3 is 11.9 Å². The summed E-state index contributed by atoms with van der Waals surface area (Å²) in [6.07, 6.45) is 56.8. The van der Waals surface area contributed by atoms with Gasteiger partial charge in [-0.25, -0.2) is 0 Å². The second-order valence-electron chi connectivity index (χ2n) is 20.9. The van der Waals surface area contributed by atoms with Gasteiger partial charge in [0.1, 0.15) is 13.2 Å². The molecule has 0 fully saturated rings. The van der Waals surface area contributed by atoms with Crippen LogP contribution in [0.4, 0.5) is 0 Å². The van der Waals surface area contributed by atoms with Crippen molar-refractivity contribution in [1.29, 1.82) is 0 Å². The fourth-order valence-electron chi connectivity index (χ4n) is 8.41. The molecular formula is C59H111NO8. The highest BCUT2D eigenvalue weighted by atomic mass is 16.7. The van der Waals surface area contributed by atoms with Crippen LogP contribution in [0.3, 0.4) is 0 Å². The van der Waals surface area contributed by atoms with E-state index < -0.39 is 24.3 Å². The molecule has 0 radical (unpaired) electrons. The average molecular weight is 963 g/mol. The van der Waals surface area contributed by atoms with Gasteiger partial charge in [-0.15, -0.1) is 0 Å². The number of likely N-dealkylation sites (N-methyl/N-ethyl adjacent to an activating group) is 1. The highest BCUT2D eigenvalue weighted by Gasteiger charge is 2.22. The molecule has 0 bridgehead atoms. The molecule has 0 rings (SSSR count). The normalized spacial score (nSPS) is 12.9. The quantitative estimate of drug-likeness (QED) is 0.0195. The molecule has 0 aliphatic rings. The van der Waals surface area contributed by atoms with Gasteiger partial charge in [-0.05, 0) is 64.2 Å². The van der Waals surface area contributed by atoms with E-state index in [1.807, 2.05) is 21.1 Å². The van der Waals surface area contributed by atoms with Crippen LogP contribution in [0.25, 0.3) is 0 Å². The van der Waals surface area contributed by atoms with Gasteiger partial charge in [0.15, 0.2) is 12.4 Å². The van der Waals surface area contributed by atoms with Crippen LogP contribution in [0.2, 0.25) is 0 Å². The molecule has 0 aliphatic carbocycles. The fraction of sp³-hybridized carbons (Fsp3) is 0.881. The highest BCUT2D eigenvalue weighted by molar-refractivity contribution is 5.70. The first-order valence-electron chi connectivity index (χ1n) is 29.0. The lowest BCUT2D eigenvalue weighted by Crippen LogP contribution is -2.44. The van der Waals surface area contributed by atoms with Crippen LogP contribution in [0.5, 0.6) is 0 Å². The summed E-state index contributed by atoms with van der Waals surface area (Å²) >= 11 is 0. The summed E-state index contributed by atoms with van der Waals surface area (Å²) in [6, 6.07) is 0. The lowest BCUT2D eigenvalue weighted by Gasteiger charge is -2.26. The van der Waals surface area contributed by atoms with Crippen molar-refractivity contribution >= 4 is 17.9 Å². The first-order valence-corrected chi connectivity index (χ1v) is 29.0. The Morgan fingerprint density at radius 1 is 0.426 bits per heavy atom. The van der Waals surface area contributed by atoms with Crippen molar-refractivity contribution in [2.75, 3.05) is 47.5 Å². The predicted octanol–water partition coefficient (Wildman–Crippen LogP) is 15.4. The van der Waals surface area contributed by atoms with Crippen molar-refractivity contribution in [2.45, 2.75) is 289 Å². The number of hydrogen-bond acceptors (Lipinski definition) is 8. The monoisotopic (exact) mass is 962 g/mol. The van der Waals surface area contributed by atoms with Crippen molar-refractivity contribution in [1.82, 2.24) is 0 Å². The number of rotatable bonds is 54. The molecule has 0 aliphatic heterocycles. The standard InChI is InChI=1S/C59H111NO8/c1-6-8-10-12-14-16-18-20-21-22-23-24-25-26-27-28-29-30-31-32-33-34-35-36-37-38-40-42-44-46-48-50-57(62)68-55(54-67-59(58(63)64)65-52-51-60(3,4)5)53-66-56(61)49-47-45-43-41-39-19-17-15-13-11-9-7-2/h15,17,22-23,55,59H,6-14,16,18-21,24-54H2,1-5H3/b17-15-,23-22-. The number of hydrogen-bond donors (Lipinski definition) is 0. The molecule has 0 aromatic heterocycles. The van der Waals surface area contributed by atoms with E-state index in [0.29, 0.717) is 17.4 Å². The summed E-state index contributed by atoms with van der Waals surface area (Å²) in [6.45, 7) is 4.74. The van der Waals surface area contributed by atoms with E-state index in [9.17, 15) is 19.5 Å². The molecule has 2 unspecified atom stereocenters. The number of aliphatic carboxylic acids is 1. The van der Waals surface area contributed by atoms with Crippen LogP contribution >= 0.6 is 0 Å². The van der Waals surface area contributed by atoms with Crippen LogP contribution in [0.15, 0.2) is 24.3 Å². The van der Waals surface area contributed by atoms with Gasteiger partial charge in [-0.1, -0.05) is 224 Å². The van der Waals surface area contributed by atoms with Crippen LogP contribution in [-0.2, 0) is 33.3 Å². The number of carbonyl (C=O) groups is 3. The molecule has 9 heteroatoms. The number of ether oxygens (including phenoxy) is 4. The van der Waals surface area contributed by atoms with Crippen LogP contribution in [0.1, 0.15) is 277 Å². The number of carboxylic acids is 1. The first kappa shape index (κ1) is 65.8. The van der Waals surface area contributed by atoms with Gasteiger partial charge < -0.3 is 33.3 Å². The van der Waals surface area contributed by atoms with Crippen LogP contribution < -0.4 is 5.11 Å². The van der Waals surface area contributed by atoms with E-state index >= 15 is 0 Å². The molecular weight excluding hydrogens is 851 g/mol. The smallest absolute Gasteiger partial charge is 0.306 e. The van der Waals surface area contributed by atoms with Gasteiger partial charge in [0.05, 0.1) is 40.3 Å². The van der Waals surface area contributed by atoms with E-state index in [0.717, 1.165) is 51.4 Å². The Bertz CT molecular complexity index is 1170. The average Bonchev–Trinajstić information content (AvgIpc) is 3.30. The van der Waals surface area contributed by atoms with Crippen molar-refractivity contribution in [3.05, 3.63) is 24.3 Å². The van der Waals surface area contributed by atoms with E-state index in [1.54, 1.807) is 0 Å². The van der Waals surface area contributed by atoms with E-state index in [-0.39, 0.29) is 38.6 Å². The van der Waals surface area contributed by atoms with Crippen molar-refractivity contribution in [2.24, 2.45) is 0 Å². The number of carboxylic acid groups (broad SMARTS) is 1. The van der Waals surface area contributed by atoms with Gasteiger partial charge in [0.25, 0.3) is 0 Å². The zero-order chi connectivity index (χ0) is 49.9. The molecule has 9 nitrogen and oxygen atoms in total. The third kappa shape index (κ3) is 51.6. The van der Waals surface area contributed by atoms with Gasteiger partial charge in [0, 0.05) is 12.8 Å². The minimum absolute atomic E-state index is 0.149. The van der Waals surface area contributed by atoms with Crippen molar-refractivity contribution < 1.29 is 42.9 Å². The topological polar surface area (TPSA) is 111 Å². The molecule has 0 aromatic rings. The number of carbonyl (C=O) groups excluding carboxylic acids is 3. The lowest BCUT2D eigenvalue weighted by molar-refractivity contribution is -0.870. The second kappa shape index (κ2) is 51.1. The number of esters is 2. The second-order valence-corrected chi connectivity index (χ2v) is 20.9. The zero-order valence-corrected chi connectivity index (χ0v) is 45.5. The van der Waals surface area contributed by atoms with Gasteiger partial charge in [-0.3, -0.25) is 9.59 Å². The summed E-state index contributed by atoms with van der Waals surface area (Å²) < 4.78 is 22.6. The SMILES string of the molecule is CCCCC/C=C\CCCCCCCC(=O)OCC(COC(OCC[N+](C)(C)C)C(=O)[O-])OC(=O)CCCCCCCCCCCCCCCCCCCCC/C=C\CCCCCCCCCC. The minimum Gasteiger partial charge on any atom is -0.545 e. The molecule has 2 atom stereocenters. The lowest BCUT2D eigenvalue weighted by atomic mass is 10.0. The summed E-state index contributed by atoms with van der Waals surface area (Å²) in [5.74, 6) is -2.28. The number of allylic oxidation sites excluding steroid dienone is 4. The number of unbranched alkanes of at least 4 members (excludes halogenated alkanes) is 35. The van der Waals surface area contributed by atoms with Crippen molar-refractivity contribution in [3.63, 3.8) is 0 Å². The number of quaternary nitrogens is 1. The van der Waals surface area contributed by atoms with E-state index in [4.69, 9.17) is 18.9 Å². The molecule has 0 saturated heterocycles. The molecule has 0 aromatic carbocycles. The fourth-order valence-corrected chi connectivity index (χ4v) is 8.41. The Morgan fingerprint density at radius 3 is 1.12 bits per heavy atom. The summed E-state index contributed by atoms with van der Waals surface area (Å²) in [5.41, 5.74) is 0. The summed E-state index contributed by atoms with van der Waals surface area (Å²) in [5, 5.41) is 11.7. The molecule has 0 amide bonds. The molecule has 0 N–H and O–H groups in total. The zero-order valence-electron chi connectivity index (χ0n) is 45.5. The summed E-state index contributed by atoms with van der Waals surface area (Å²) in [7, 11) is 5.92. The Morgan fingerprint density at radius 2 is 0.750 bits per heavy atom. The van der Waals surface area contributed by atoms with E-state index in [2.05, 4.69) is 38.2 Å². The van der Waals surface area contributed by atoms with Gasteiger partial charge in [0.2, 0.25) is 0 Å². The van der Waals surface area contributed by atoms with E-state index in [1.165, 1.54) is 193 Å². The van der Waals surface area contributed by atoms with Crippen LogP contribution in [0, 0.1) is 0 Å². The summed E-state index contributed by atoms with van der Waals surface area (Å²) in [4.78, 5) is 37.1. The Hall–Kier alpha value is -2.23. The Balaban J connectivity index is 4.06. The maximum atomic E-state index is 12.8. The largest absolute Gasteiger partial charge is 0.545 e. The third-order valence-electron chi connectivity index (χ3n) is 12.9. The highest BCUT2D eigenvalue weighted by Crippen LogP contribution is 2.17. The van der Waals surface area contributed by atoms with Crippen LogP contribution in [-0.4, -0.2) is 82.3 Å².